The molecule has 0 spiro atoms. The van der Waals surface area contributed by atoms with Crippen LogP contribution in [0, 0.1) is 6.92 Å². The van der Waals surface area contributed by atoms with Crippen LogP contribution in [0.2, 0.25) is 0 Å². The van der Waals surface area contributed by atoms with Gasteiger partial charge >= 0.3 is 0 Å². The third-order valence-corrected chi connectivity index (χ3v) is 3.80. The number of benzene rings is 1. The van der Waals surface area contributed by atoms with Crippen molar-refractivity contribution in [3.63, 3.8) is 0 Å². The number of hydrogen-bond acceptors (Lipinski definition) is 4. The Morgan fingerprint density at radius 3 is 3.11 bits per heavy atom. The highest BCUT2D eigenvalue weighted by Crippen LogP contribution is 2.14. The first-order valence-electron chi connectivity index (χ1n) is 5.87. The predicted molar refractivity (Wildman–Crippen MR) is 74.1 cm³/mol. The normalized spacial score (nSPS) is 10.8. The molecule has 0 bridgehead atoms. The van der Waals surface area contributed by atoms with Gasteiger partial charge in [0.25, 0.3) is 5.91 Å². The molecule has 3 aromatic rings. The summed E-state index contributed by atoms with van der Waals surface area (Å²) in [7, 11) is 0. The lowest BCUT2D eigenvalue weighted by Gasteiger charge is -2.04. The second-order valence-corrected chi connectivity index (χ2v) is 5.08. The summed E-state index contributed by atoms with van der Waals surface area (Å²) in [5.41, 5.74) is 2.47. The number of carbonyl (C=O) groups excluding carboxylic acids is 1. The van der Waals surface area contributed by atoms with Crippen LogP contribution >= 0.6 is 11.5 Å². The Kier molecular flexibility index (Phi) is 3.00. The van der Waals surface area contributed by atoms with Gasteiger partial charge in [0.1, 0.15) is 0 Å². The average molecular weight is 272 g/mol. The van der Waals surface area contributed by atoms with Crippen molar-refractivity contribution in [3.05, 3.63) is 46.6 Å². The van der Waals surface area contributed by atoms with Crippen LogP contribution in [0.25, 0.3) is 10.9 Å². The summed E-state index contributed by atoms with van der Waals surface area (Å²) in [4.78, 5) is 16.1. The summed E-state index contributed by atoms with van der Waals surface area (Å²) >= 11 is 1.31. The van der Waals surface area contributed by atoms with Crippen molar-refractivity contribution in [2.24, 2.45) is 0 Å². The first kappa shape index (κ1) is 11.9. The largest absolute Gasteiger partial charge is 0.361 e. The maximum absolute atomic E-state index is 12.1. The van der Waals surface area contributed by atoms with E-state index in [1.165, 1.54) is 11.5 Å². The Balaban J connectivity index is 1.74. The second kappa shape index (κ2) is 4.81. The summed E-state index contributed by atoms with van der Waals surface area (Å²) < 4.78 is 3.84. The molecule has 1 amide bonds. The minimum Gasteiger partial charge on any atom is -0.361 e. The van der Waals surface area contributed by atoms with E-state index in [-0.39, 0.29) is 5.91 Å². The van der Waals surface area contributed by atoms with Gasteiger partial charge in [0.15, 0.2) is 0 Å². The van der Waals surface area contributed by atoms with Gasteiger partial charge < -0.3 is 10.3 Å². The third-order valence-electron chi connectivity index (χ3n) is 2.97. The number of rotatable bonds is 3. The van der Waals surface area contributed by atoms with Crippen molar-refractivity contribution in [1.82, 2.24) is 19.9 Å². The van der Waals surface area contributed by atoms with Gasteiger partial charge in [-0.05, 0) is 42.0 Å². The van der Waals surface area contributed by atoms with Crippen LogP contribution < -0.4 is 5.32 Å². The molecule has 0 atom stereocenters. The molecule has 0 radical (unpaired) electrons. The predicted octanol–water partition coefficient (Wildman–Crippen LogP) is 2.26. The first-order chi connectivity index (χ1) is 9.24. The van der Waals surface area contributed by atoms with Crippen molar-refractivity contribution in [3.8, 4) is 0 Å². The van der Waals surface area contributed by atoms with Crippen LogP contribution in [-0.4, -0.2) is 20.5 Å². The minimum absolute atomic E-state index is 0.0932. The minimum atomic E-state index is -0.0932. The highest BCUT2D eigenvalue weighted by atomic mass is 32.1. The number of aromatic nitrogens is 3. The smallest absolute Gasteiger partial charge is 0.251 e. The summed E-state index contributed by atoms with van der Waals surface area (Å²) in [5.74, 6) is -0.0932. The van der Waals surface area contributed by atoms with Crippen molar-refractivity contribution in [2.45, 2.75) is 13.5 Å². The Bertz CT molecular complexity index is 731. The fourth-order valence-corrected chi connectivity index (χ4v) is 2.44. The van der Waals surface area contributed by atoms with Crippen LogP contribution in [-0.2, 0) is 6.54 Å². The number of fused-ring (bicyclic) bond motifs is 1. The van der Waals surface area contributed by atoms with E-state index in [1.807, 2.05) is 37.4 Å². The molecule has 0 saturated carbocycles. The topological polar surface area (TPSA) is 70.7 Å². The molecular formula is C13H12N4OS. The SMILES string of the molecule is Cc1nnsc1CNC(=O)c1ccc2cc[nH]c2c1. The Morgan fingerprint density at radius 1 is 1.42 bits per heavy atom. The highest BCUT2D eigenvalue weighted by Gasteiger charge is 2.09. The van der Waals surface area contributed by atoms with Gasteiger partial charge in [-0.15, -0.1) is 5.10 Å². The van der Waals surface area contributed by atoms with Gasteiger partial charge in [0.05, 0.1) is 17.1 Å². The first-order valence-corrected chi connectivity index (χ1v) is 6.64. The number of aryl methyl sites for hydroxylation is 1. The number of carbonyl (C=O) groups is 1. The van der Waals surface area contributed by atoms with E-state index in [0.717, 1.165) is 21.5 Å². The summed E-state index contributed by atoms with van der Waals surface area (Å²) in [6.07, 6.45) is 1.86. The summed E-state index contributed by atoms with van der Waals surface area (Å²) in [5, 5.41) is 7.89. The number of hydrogen-bond donors (Lipinski definition) is 2. The maximum atomic E-state index is 12.1. The zero-order valence-corrected chi connectivity index (χ0v) is 11.1. The van der Waals surface area contributed by atoms with Crippen molar-refractivity contribution in [2.75, 3.05) is 0 Å². The molecule has 2 heterocycles. The van der Waals surface area contributed by atoms with E-state index in [4.69, 9.17) is 0 Å². The molecule has 3 rings (SSSR count). The van der Waals surface area contributed by atoms with Crippen LogP contribution in [0.5, 0.6) is 0 Å². The number of aromatic amines is 1. The fourth-order valence-electron chi connectivity index (χ4n) is 1.86. The average Bonchev–Trinajstić information content (AvgIpc) is 3.03. The van der Waals surface area contributed by atoms with Gasteiger partial charge in [-0.2, -0.15) is 0 Å². The second-order valence-electron chi connectivity index (χ2n) is 4.24. The van der Waals surface area contributed by atoms with E-state index in [0.29, 0.717) is 12.1 Å². The van der Waals surface area contributed by atoms with Gasteiger partial charge in [-0.25, -0.2) is 0 Å². The molecule has 96 valence electrons. The van der Waals surface area contributed by atoms with E-state index < -0.39 is 0 Å². The zero-order valence-electron chi connectivity index (χ0n) is 10.3. The molecular weight excluding hydrogens is 260 g/mol. The zero-order chi connectivity index (χ0) is 13.2. The van der Waals surface area contributed by atoms with Crippen molar-refractivity contribution < 1.29 is 4.79 Å². The number of nitrogens with one attached hydrogen (secondary N) is 2. The van der Waals surface area contributed by atoms with E-state index in [1.54, 1.807) is 0 Å². The van der Waals surface area contributed by atoms with E-state index >= 15 is 0 Å². The molecule has 0 unspecified atom stereocenters. The van der Waals surface area contributed by atoms with Crippen LogP contribution in [0.4, 0.5) is 0 Å². The van der Waals surface area contributed by atoms with Crippen LogP contribution in [0.1, 0.15) is 20.9 Å². The number of amides is 1. The van der Waals surface area contributed by atoms with Crippen LogP contribution in [0.3, 0.4) is 0 Å². The number of nitrogens with zero attached hydrogens (tertiary/aromatic N) is 2. The summed E-state index contributed by atoms with van der Waals surface area (Å²) in [6.45, 7) is 2.35. The van der Waals surface area contributed by atoms with Crippen LogP contribution in [0.15, 0.2) is 30.5 Å². The van der Waals surface area contributed by atoms with Gasteiger partial charge in [-0.1, -0.05) is 10.6 Å². The summed E-state index contributed by atoms with van der Waals surface area (Å²) in [6, 6.07) is 7.58. The van der Waals surface area contributed by atoms with E-state index in [2.05, 4.69) is 19.9 Å². The molecule has 0 fully saturated rings. The molecule has 2 aromatic heterocycles. The molecule has 0 aliphatic rings. The lowest BCUT2D eigenvalue weighted by molar-refractivity contribution is 0.0951. The standard InChI is InChI=1S/C13H12N4OS/c1-8-12(19-17-16-8)7-15-13(18)10-3-2-9-4-5-14-11(9)6-10/h2-6,14H,7H2,1H3,(H,15,18). The fraction of sp³-hybridized carbons (Fsp3) is 0.154. The molecule has 1 aromatic carbocycles. The molecule has 0 aliphatic carbocycles. The maximum Gasteiger partial charge on any atom is 0.251 e. The van der Waals surface area contributed by atoms with Gasteiger partial charge in [0.2, 0.25) is 0 Å². The van der Waals surface area contributed by atoms with Crippen molar-refractivity contribution >= 4 is 28.3 Å². The molecule has 2 N–H and O–H groups in total. The molecule has 5 nitrogen and oxygen atoms in total. The molecule has 19 heavy (non-hydrogen) atoms. The van der Waals surface area contributed by atoms with Crippen molar-refractivity contribution in [1.29, 1.82) is 0 Å². The molecule has 0 saturated heterocycles. The van der Waals surface area contributed by atoms with Gasteiger partial charge in [-0.3, -0.25) is 4.79 Å². The molecule has 6 heteroatoms. The monoisotopic (exact) mass is 272 g/mol. The van der Waals surface area contributed by atoms with Gasteiger partial charge in [0, 0.05) is 17.3 Å². The lowest BCUT2D eigenvalue weighted by Crippen LogP contribution is -2.22. The quantitative estimate of drug-likeness (QED) is 0.768. The Labute approximate surface area is 113 Å². The molecule has 0 aliphatic heterocycles. The Hall–Kier alpha value is -2.21. The highest BCUT2D eigenvalue weighted by molar-refractivity contribution is 7.05. The lowest BCUT2D eigenvalue weighted by atomic mass is 10.1. The third kappa shape index (κ3) is 2.34. The number of H-pyrrole nitrogens is 1. The Morgan fingerprint density at radius 2 is 2.32 bits per heavy atom. The van der Waals surface area contributed by atoms with E-state index in [9.17, 15) is 4.79 Å².